The first kappa shape index (κ1) is 15.4. The molecule has 1 saturated heterocycles. The van der Waals surface area contributed by atoms with Gasteiger partial charge < -0.3 is 4.90 Å². The number of rotatable bonds is 2. The van der Waals surface area contributed by atoms with Gasteiger partial charge in [-0.15, -0.1) is 5.10 Å². The molecule has 0 aliphatic carbocycles. The van der Waals surface area contributed by atoms with Gasteiger partial charge in [-0.05, 0) is 45.8 Å². The van der Waals surface area contributed by atoms with Gasteiger partial charge in [-0.3, -0.25) is 0 Å². The average Bonchev–Trinajstić information content (AvgIpc) is 3.07. The topological polar surface area (TPSA) is 33.4 Å². The SMILES string of the molecule is Fc1cccc([C@H]2CC(F)(F)CN2c2ccc3ncc(Br)n3n2)c1. The van der Waals surface area contributed by atoms with Gasteiger partial charge in [0.25, 0.3) is 5.92 Å². The molecule has 1 atom stereocenters. The van der Waals surface area contributed by atoms with E-state index in [0.717, 1.165) is 0 Å². The first-order valence-electron chi connectivity index (χ1n) is 7.33. The monoisotopic (exact) mass is 396 g/mol. The number of anilines is 1. The second kappa shape index (κ2) is 5.47. The Labute approximate surface area is 144 Å². The fraction of sp³-hybridized carbons (Fsp3) is 0.250. The molecule has 4 rings (SSSR count). The number of benzene rings is 1. The molecular formula is C16H12BrF3N4. The van der Waals surface area contributed by atoms with E-state index in [-0.39, 0.29) is 6.42 Å². The quantitative estimate of drug-likeness (QED) is 0.650. The van der Waals surface area contributed by atoms with E-state index >= 15 is 0 Å². The number of fused-ring (bicyclic) bond motifs is 1. The molecule has 3 aromatic rings. The summed E-state index contributed by atoms with van der Waals surface area (Å²) in [5.74, 6) is -2.91. The minimum Gasteiger partial charge on any atom is -0.342 e. The lowest BCUT2D eigenvalue weighted by molar-refractivity contribution is 0.0222. The van der Waals surface area contributed by atoms with E-state index in [1.807, 2.05) is 0 Å². The van der Waals surface area contributed by atoms with Crippen LogP contribution in [0.1, 0.15) is 18.0 Å². The molecule has 0 unspecified atom stereocenters. The normalized spacial score (nSPS) is 20.0. The van der Waals surface area contributed by atoms with Crippen LogP contribution in [-0.4, -0.2) is 27.1 Å². The first-order chi connectivity index (χ1) is 11.4. The zero-order valence-corrected chi connectivity index (χ0v) is 13.9. The Morgan fingerprint density at radius 1 is 1.21 bits per heavy atom. The fourth-order valence-electron chi connectivity index (χ4n) is 3.06. The van der Waals surface area contributed by atoms with Crippen LogP contribution in [0.4, 0.5) is 19.0 Å². The van der Waals surface area contributed by atoms with Crippen molar-refractivity contribution in [2.24, 2.45) is 0 Å². The van der Waals surface area contributed by atoms with Crippen LogP contribution in [0.2, 0.25) is 0 Å². The summed E-state index contributed by atoms with van der Waals surface area (Å²) in [6.07, 6.45) is 1.22. The summed E-state index contributed by atoms with van der Waals surface area (Å²) < 4.78 is 43.8. The predicted molar refractivity (Wildman–Crippen MR) is 86.7 cm³/mol. The Morgan fingerprint density at radius 2 is 2.04 bits per heavy atom. The lowest BCUT2D eigenvalue weighted by Crippen LogP contribution is -2.27. The summed E-state index contributed by atoms with van der Waals surface area (Å²) in [7, 11) is 0. The minimum absolute atomic E-state index is 0.374. The van der Waals surface area contributed by atoms with Crippen molar-refractivity contribution < 1.29 is 13.2 Å². The Balaban J connectivity index is 1.79. The highest BCUT2D eigenvalue weighted by Crippen LogP contribution is 2.43. The van der Waals surface area contributed by atoms with E-state index in [2.05, 4.69) is 26.0 Å². The van der Waals surface area contributed by atoms with Gasteiger partial charge in [0.05, 0.1) is 18.8 Å². The Hall–Kier alpha value is -2.09. The van der Waals surface area contributed by atoms with Gasteiger partial charge in [-0.1, -0.05) is 12.1 Å². The van der Waals surface area contributed by atoms with Crippen LogP contribution in [0.25, 0.3) is 5.65 Å². The molecular weight excluding hydrogens is 385 g/mol. The molecule has 0 amide bonds. The Kier molecular flexibility index (Phi) is 3.52. The van der Waals surface area contributed by atoms with Crippen molar-refractivity contribution in [1.29, 1.82) is 0 Å². The van der Waals surface area contributed by atoms with Gasteiger partial charge in [-0.25, -0.2) is 22.7 Å². The Bertz CT molecular complexity index is 911. The minimum atomic E-state index is -2.86. The molecule has 0 N–H and O–H groups in total. The van der Waals surface area contributed by atoms with Crippen LogP contribution >= 0.6 is 15.9 Å². The largest absolute Gasteiger partial charge is 0.342 e. The van der Waals surface area contributed by atoms with Crippen molar-refractivity contribution >= 4 is 27.4 Å². The van der Waals surface area contributed by atoms with E-state index in [1.165, 1.54) is 27.6 Å². The molecule has 8 heteroatoms. The zero-order valence-electron chi connectivity index (χ0n) is 12.3. The van der Waals surface area contributed by atoms with Crippen LogP contribution in [0, 0.1) is 5.82 Å². The summed E-state index contributed by atoms with van der Waals surface area (Å²) in [6.45, 7) is -0.459. The molecule has 0 saturated carbocycles. The van der Waals surface area contributed by atoms with E-state index in [1.54, 1.807) is 24.4 Å². The third-order valence-electron chi connectivity index (χ3n) is 4.10. The Morgan fingerprint density at radius 3 is 2.83 bits per heavy atom. The van der Waals surface area contributed by atoms with Crippen LogP contribution in [0.15, 0.2) is 47.2 Å². The smallest absolute Gasteiger partial charge is 0.267 e. The van der Waals surface area contributed by atoms with Gasteiger partial charge in [-0.2, -0.15) is 0 Å². The summed E-state index contributed by atoms with van der Waals surface area (Å²) in [4.78, 5) is 5.66. The van der Waals surface area contributed by atoms with Crippen molar-refractivity contribution in [3.63, 3.8) is 0 Å². The third-order valence-corrected chi connectivity index (χ3v) is 4.64. The van der Waals surface area contributed by atoms with E-state index in [0.29, 0.717) is 21.6 Å². The second-order valence-corrected chi connectivity index (χ2v) is 6.61. The second-order valence-electron chi connectivity index (χ2n) is 5.80. The number of halogens is 4. The number of hydrogen-bond donors (Lipinski definition) is 0. The molecule has 0 bridgehead atoms. The number of aromatic nitrogens is 3. The van der Waals surface area contributed by atoms with Crippen LogP contribution in [-0.2, 0) is 0 Å². The lowest BCUT2D eigenvalue weighted by Gasteiger charge is -2.25. The van der Waals surface area contributed by atoms with E-state index < -0.39 is 24.3 Å². The fourth-order valence-corrected chi connectivity index (χ4v) is 3.42. The standard InChI is InChI=1S/C16H12BrF3N4/c17-13-8-21-14-4-5-15(22-24(13)14)23-9-16(19,20)7-12(23)10-2-1-3-11(18)6-10/h1-6,8,12H,7,9H2/t12-/m1/s1. The summed E-state index contributed by atoms with van der Waals surface area (Å²) in [6, 6.07) is 8.52. The molecule has 124 valence electrons. The molecule has 2 aromatic heterocycles. The van der Waals surface area contributed by atoms with E-state index in [4.69, 9.17) is 0 Å². The third kappa shape index (κ3) is 2.64. The number of hydrogen-bond acceptors (Lipinski definition) is 3. The highest BCUT2D eigenvalue weighted by molar-refractivity contribution is 9.10. The molecule has 24 heavy (non-hydrogen) atoms. The van der Waals surface area contributed by atoms with Crippen molar-refractivity contribution in [2.45, 2.75) is 18.4 Å². The summed E-state index contributed by atoms with van der Waals surface area (Å²) in [5.41, 5.74) is 1.12. The average molecular weight is 397 g/mol. The summed E-state index contributed by atoms with van der Waals surface area (Å²) in [5, 5.41) is 4.39. The van der Waals surface area contributed by atoms with Crippen LogP contribution in [0.5, 0.6) is 0 Å². The maximum atomic E-state index is 14.1. The first-order valence-corrected chi connectivity index (χ1v) is 8.12. The molecule has 1 fully saturated rings. The lowest BCUT2D eigenvalue weighted by atomic mass is 10.0. The number of nitrogens with zero attached hydrogens (tertiary/aromatic N) is 4. The highest BCUT2D eigenvalue weighted by atomic mass is 79.9. The molecule has 1 aliphatic heterocycles. The van der Waals surface area contributed by atoms with E-state index in [9.17, 15) is 13.2 Å². The zero-order chi connectivity index (χ0) is 16.9. The van der Waals surface area contributed by atoms with Gasteiger partial charge in [0.2, 0.25) is 0 Å². The van der Waals surface area contributed by atoms with Crippen LogP contribution < -0.4 is 4.90 Å². The van der Waals surface area contributed by atoms with Crippen molar-refractivity contribution in [1.82, 2.24) is 14.6 Å². The molecule has 1 aliphatic rings. The molecule has 1 aromatic carbocycles. The van der Waals surface area contributed by atoms with Crippen molar-refractivity contribution in [2.75, 3.05) is 11.4 Å². The highest BCUT2D eigenvalue weighted by Gasteiger charge is 2.46. The van der Waals surface area contributed by atoms with Gasteiger partial charge in [0, 0.05) is 6.42 Å². The van der Waals surface area contributed by atoms with Gasteiger partial charge in [0.1, 0.15) is 16.2 Å². The predicted octanol–water partition coefficient (Wildman–Crippen LogP) is 4.22. The van der Waals surface area contributed by atoms with Gasteiger partial charge >= 0.3 is 0 Å². The maximum absolute atomic E-state index is 14.1. The van der Waals surface area contributed by atoms with Crippen molar-refractivity contribution in [3.05, 3.63) is 58.6 Å². The number of alkyl halides is 2. The molecule has 0 radical (unpaired) electrons. The van der Waals surface area contributed by atoms with Crippen LogP contribution in [0.3, 0.4) is 0 Å². The number of imidazole rings is 1. The van der Waals surface area contributed by atoms with Crippen molar-refractivity contribution in [3.8, 4) is 0 Å². The molecule has 0 spiro atoms. The molecule has 3 heterocycles. The van der Waals surface area contributed by atoms with Gasteiger partial charge in [0.15, 0.2) is 5.65 Å². The molecule has 4 nitrogen and oxygen atoms in total. The maximum Gasteiger partial charge on any atom is 0.267 e. The summed E-state index contributed by atoms with van der Waals surface area (Å²) >= 11 is 3.32.